The van der Waals surface area contributed by atoms with Crippen LogP contribution in [0.4, 0.5) is 0 Å². The molecule has 0 saturated carbocycles. The van der Waals surface area contributed by atoms with Crippen LogP contribution in [-0.4, -0.2) is 4.98 Å². The van der Waals surface area contributed by atoms with Crippen molar-refractivity contribution in [1.82, 2.24) is 4.98 Å². The van der Waals surface area contributed by atoms with Crippen LogP contribution in [0.1, 0.15) is 4.88 Å². The third-order valence-electron chi connectivity index (χ3n) is 1.55. The lowest BCUT2D eigenvalue weighted by Crippen LogP contribution is -1.70. The molecule has 0 aromatic carbocycles. The smallest absolute Gasteiger partial charge is 0.0828 e. The second kappa shape index (κ2) is 3.32. The van der Waals surface area contributed by atoms with E-state index in [9.17, 15) is 0 Å². The molecule has 0 unspecified atom stereocenters. The van der Waals surface area contributed by atoms with Gasteiger partial charge in [-0.1, -0.05) is 27.5 Å². The first kappa shape index (κ1) is 8.48. The van der Waals surface area contributed by atoms with Crippen LogP contribution < -0.4 is 0 Å². The van der Waals surface area contributed by atoms with Gasteiger partial charge in [0, 0.05) is 16.4 Å². The van der Waals surface area contributed by atoms with Crippen LogP contribution >= 0.6 is 38.9 Å². The Kier molecular flexibility index (Phi) is 2.35. The van der Waals surface area contributed by atoms with Crippen molar-refractivity contribution >= 4 is 49.1 Å². The summed E-state index contributed by atoms with van der Waals surface area (Å²) in [7, 11) is 0. The summed E-state index contributed by atoms with van der Waals surface area (Å²) in [5, 5.41) is 1.65. The van der Waals surface area contributed by atoms with Crippen molar-refractivity contribution in [1.29, 1.82) is 0 Å². The highest BCUT2D eigenvalue weighted by Crippen LogP contribution is 2.30. The SMILES string of the molecule is Clc1ccnc2cc(CBr)sc12. The van der Waals surface area contributed by atoms with Gasteiger partial charge in [0.1, 0.15) is 0 Å². The van der Waals surface area contributed by atoms with Gasteiger partial charge in [-0.2, -0.15) is 0 Å². The van der Waals surface area contributed by atoms with E-state index in [2.05, 4.69) is 27.0 Å². The Hall–Kier alpha value is -0.120. The van der Waals surface area contributed by atoms with Crippen LogP contribution in [0.25, 0.3) is 10.2 Å². The second-order valence-corrected chi connectivity index (χ2v) is 4.46. The fourth-order valence-electron chi connectivity index (χ4n) is 1.02. The Morgan fingerprint density at radius 1 is 1.58 bits per heavy atom. The van der Waals surface area contributed by atoms with Crippen molar-refractivity contribution in [2.45, 2.75) is 5.33 Å². The van der Waals surface area contributed by atoms with Crippen LogP contribution in [0.15, 0.2) is 18.3 Å². The zero-order valence-corrected chi connectivity index (χ0v) is 9.21. The Bertz CT molecular complexity index is 412. The molecule has 0 atom stereocenters. The zero-order valence-electron chi connectivity index (χ0n) is 6.05. The first-order valence-electron chi connectivity index (χ1n) is 3.40. The molecule has 0 bridgehead atoms. The Morgan fingerprint density at radius 3 is 3.08 bits per heavy atom. The highest BCUT2D eigenvalue weighted by Gasteiger charge is 2.04. The molecular formula is C8H5BrClNS. The zero-order chi connectivity index (χ0) is 8.55. The monoisotopic (exact) mass is 261 g/mol. The standard InChI is InChI=1S/C8H5BrClNS/c9-4-5-3-7-8(12-5)6(10)1-2-11-7/h1-3H,4H2. The van der Waals surface area contributed by atoms with E-state index in [1.807, 2.05) is 6.07 Å². The van der Waals surface area contributed by atoms with Gasteiger partial charge in [-0.25, -0.2) is 0 Å². The molecule has 0 aliphatic carbocycles. The van der Waals surface area contributed by atoms with Crippen LogP contribution in [0.5, 0.6) is 0 Å². The second-order valence-electron chi connectivity index (χ2n) is 2.35. The lowest BCUT2D eigenvalue weighted by molar-refractivity contribution is 1.42. The quantitative estimate of drug-likeness (QED) is 0.712. The van der Waals surface area contributed by atoms with Gasteiger partial charge in [-0.15, -0.1) is 11.3 Å². The summed E-state index contributed by atoms with van der Waals surface area (Å²) in [5.74, 6) is 0. The molecule has 2 heterocycles. The van der Waals surface area contributed by atoms with E-state index in [0.29, 0.717) is 0 Å². The molecule has 0 aliphatic heterocycles. The normalized spacial score (nSPS) is 10.8. The molecule has 12 heavy (non-hydrogen) atoms. The minimum atomic E-state index is 0.789. The van der Waals surface area contributed by atoms with Gasteiger partial charge in [0.25, 0.3) is 0 Å². The molecule has 2 aromatic heterocycles. The van der Waals surface area contributed by atoms with Gasteiger partial charge >= 0.3 is 0 Å². The van der Waals surface area contributed by atoms with Gasteiger partial charge in [-0.05, 0) is 12.1 Å². The lowest BCUT2D eigenvalue weighted by atomic mass is 10.4. The largest absolute Gasteiger partial charge is 0.255 e. The third kappa shape index (κ3) is 1.37. The van der Waals surface area contributed by atoms with Crippen LogP contribution in [0, 0.1) is 0 Å². The van der Waals surface area contributed by atoms with Crippen LogP contribution in [-0.2, 0) is 5.33 Å². The molecule has 0 saturated heterocycles. The summed E-state index contributed by atoms with van der Waals surface area (Å²) in [6.07, 6.45) is 1.73. The van der Waals surface area contributed by atoms with Crippen molar-refractivity contribution in [2.24, 2.45) is 0 Å². The van der Waals surface area contributed by atoms with E-state index >= 15 is 0 Å². The fourth-order valence-corrected chi connectivity index (χ4v) is 2.67. The number of nitrogens with zero attached hydrogens (tertiary/aromatic N) is 1. The Balaban J connectivity index is 2.74. The topological polar surface area (TPSA) is 12.9 Å². The highest BCUT2D eigenvalue weighted by molar-refractivity contribution is 9.08. The van der Waals surface area contributed by atoms with E-state index in [1.54, 1.807) is 17.5 Å². The number of hydrogen-bond donors (Lipinski definition) is 0. The average Bonchev–Trinajstić information content (AvgIpc) is 2.49. The number of pyridine rings is 1. The van der Waals surface area contributed by atoms with Crippen molar-refractivity contribution in [3.63, 3.8) is 0 Å². The summed E-state index contributed by atoms with van der Waals surface area (Å²) in [6.45, 7) is 0. The summed E-state index contributed by atoms with van der Waals surface area (Å²) < 4.78 is 1.08. The number of alkyl halides is 1. The molecule has 0 fully saturated rings. The number of halogens is 2. The molecule has 0 amide bonds. The highest BCUT2D eigenvalue weighted by atomic mass is 79.9. The lowest BCUT2D eigenvalue weighted by Gasteiger charge is -1.88. The van der Waals surface area contributed by atoms with Crippen molar-refractivity contribution < 1.29 is 0 Å². The summed E-state index contributed by atoms with van der Waals surface area (Å²) in [5.41, 5.74) is 0.988. The molecule has 0 N–H and O–H groups in total. The third-order valence-corrected chi connectivity index (χ3v) is 4.11. The van der Waals surface area contributed by atoms with Crippen molar-refractivity contribution in [3.05, 3.63) is 28.2 Å². The maximum absolute atomic E-state index is 5.98. The first-order valence-corrected chi connectivity index (χ1v) is 5.72. The average molecular weight is 263 g/mol. The number of aromatic nitrogens is 1. The maximum Gasteiger partial charge on any atom is 0.0828 e. The number of hydrogen-bond acceptors (Lipinski definition) is 2. The number of rotatable bonds is 1. The molecule has 0 radical (unpaired) electrons. The fraction of sp³-hybridized carbons (Fsp3) is 0.125. The van der Waals surface area contributed by atoms with E-state index in [4.69, 9.17) is 11.6 Å². The predicted molar refractivity (Wildman–Crippen MR) is 57.3 cm³/mol. The molecular weight excluding hydrogens is 258 g/mol. The van der Waals surface area contributed by atoms with E-state index in [0.717, 1.165) is 20.6 Å². The summed E-state index contributed by atoms with van der Waals surface area (Å²) in [4.78, 5) is 5.47. The van der Waals surface area contributed by atoms with Gasteiger partial charge in [-0.3, -0.25) is 4.98 Å². The molecule has 4 heteroatoms. The molecule has 1 nitrogen and oxygen atoms in total. The Labute approximate surface area is 87.5 Å². The first-order chi connectivity index (χ1) is 5.81. The van der Waals surface area contributed by atoms with Crippen LogP contribution in [0.2, 0.25) is 5.02 Å². The van der Waals surface area contributed by atoms with Crippen molar-refractivity contribution in [3.8, 4) is 0 Å². The number of thiophene rings is 1. The van der Waals surface area contributed by atoms with E-state index in [1.165, 1.54) is 4.88 Å². The minimum Gasteiger partial charge on any atom is -0.255 e. The molecule has 2 aromatic rings. The van der Waals surface area contributed by atoms with Gasteiger partial charge in [0.2, 0.25) is 0 Å². The van der Waals surface area contributed by atoms with Gasteiger partial charge in [0.05, 0.1) is 15.2 Å². The molecule has 2 rings (SSSR count). The molecule has 0 spiro atoms. The minimum absolute atomic E-state index is 0.789. The Morgan fingerprint density at radius 2 is 2.42 bits per heavy atom. The summed E-state index contributed by atoms with van der Waals surface area (Å²) >= 11 is 11.1. The number of fused-ring (bicyclic) bond motifs is 1. The maximum atomic E-state index is 5.98. The predicted octanol–water partition coefficient (Wildman–Crippen LogP) is 3.84. The van der Waals surface area contributed by atoms with Crippen LogP contribution in [0.3, 0.4) is 0 Å². The van der Waals surface area contributed by atoms with Crippen molar-refractivity contribution in [2.75, 3.05) is 0 Å². The molecule has 62 valence electrons. The molecule has 0 aliphatic rings. The van der Waals surface area contributed by atoms with E-state index < -0.39 is 0 Å². The van der Waals surface area contributed by atoms with Gasteiger partial charge < -0.3 is 0 Å². The van der Waals surface area contributed by atoms with Gasteiger partial charge in [0.15, 0.2) is 0 Å². The summed E-state index contributed by atoms with van der Waals surface area (Å²) in [6, 6.07) is 3.87. The van der Waals surface area contributed by atoms with E-state index in [-0.39, 0.29) is 0 Å².